The van der Waals surface area contributed by atoms with Gasteiger partial charge in [-0.3, -0.25) is 4.68 Å². The number of hydrogen-bond acceptors (Lipinski definition) is 3. The molecule has 5 nitrogen and oxygen atoms in total. The first-order valence-corrected chi connectivity index (χ1v) is 6.17. The molecule has 0 bridgehead atoms. The maximum absolute atomic E-state index is 5.23. The van der Waals surface area contributed by atoms with Crippen molar-refractivity contribution in [1.82, 2.24) is 15.1 Å². The van der Waals surface area contributed by atoms with Crippen LogP contribution in [0.25, 0.3) is 0 Å². The number of nitrogens with one attached hydrogen (secondary N) is 2. The van der Waals surface area contributed by atoms with Gasteiger partial charge in [-0.2, -0.15) is 5.10 Å². The molecule has 0 unspecified atom stereocenters. The number of ether oxygens (including phenoxy) is 1. The smallest absolute Gasteiger partial charge is 0.171 e. The van der Waals surface area contributed by atoms with E-state index in [1.54, 1.807) is 4.68 Å². The summed E-state index contributed by atoms with van der Waals surface area (Å²) in [7, 11) is 1.90. The van der Waals surface area contributed by atoms with Crippen LogP contribution in [-0.4, -0.2) is 34.7 Å². The second-order valence-electron chi connectivity index (χ2n) is 3.73. The lowest BCUT2D eigenvalue weighted by molar-refractivity contribution is 0.146. The third kappa shape index (κ3) is 5.14. The molecule has 0 fully saturated rings. The van der Waals surface area contributed by atoms with Crippen LogP contribution in [0.4, 0.5) is 5.82 Å². The molecule has 96 valence electrons. The maximum Gasteiger partial charge on any atom is 0.171 e. The van der Waals surface area contributed by atoms with Gasteiger partial charge < -0.3 is 15.4 Å². The van der Waals surface area contributed by atoms with Gasteiger partial charge in [0.05, 0.1) is 0 Å². The molecule has 0 aliphatic carbocycles. The number of thiocarbonyl (C=S) groups is 1. The standard InChI is InChI=1S/C11H20N4OS/c1-4-16-7-5-6-12-11(17)13-10-8-9(2)15(3)14-10/h8H,4-7H2,1-3H3,(H2,12,13,14,17). The largest absolute Gasteiger partial charge is 0.382 e. The van der Waals surface area contributed by atoms with Crippen LogP contribution in [0.2, 0.25) is 0 Å². The minimum absolute atomic E-state index is 0.597. The first-order chi connectivity index (χ1) is 8.13. The summed E-state index contributed by atoms with van der Waals surface area (Å²) in [5, 5.41) is 11.0. The van der Waals surface area contributed by atoms with Crippen LogP contribution in [0, 0.1) is 6.92 Å². The van der Waals surface area contributed by atoms with Crippen LogP contribution in [0.1, 0.15) is 19.0 Å². The summed E-state index contributed by atoms with van der Waals surface area (Å²) < 4.78 is 7.04. The Hall–Kier alpha value is -1.14. The van der Waals surface area contributed by atoms with Gasteiger partial charge in [0.1, 0.15) is 0 Å². The normalized spacial score (nSPS) is 10.3. The Morgan fingerprint density at radius 1 is 1.59 bits per heavy atom. The number of rotatable bonds is 6. The lowest BCUT2D eigenvalue weighted by Gasteiger charge is -2.08. The van der Waals surface area contributed by atoms with Gasteiger partial charge in [0, 0.05) is 38.6 Å². The molecule has 1 aromatic heterocycles. The van der Waals surface area contributed by atoms with Crippen molar-refractivity contribution in [2.75, 3.05) is 25.1 Å². The summed E-state index contributed by atoms with van der Waals surface area (Å²) in [6.07, 6.45) is 0.941. The van der Waals surface area contributed by atoms with Crippen molar-refractivity contribution in [3.05, 3.63) is 11.8 Å². The first-order valence-electron chi connectivity index (χ1n) is 5.76. The van der Waals surface area contributed by atoms with E-state index in [-0.39, 0.29) is 0 Å². The Bertz CT molecular complexity index is 345. The zero-order valence-electron chi connectivity index (χ0n) is 10.6. The molecule has 1 rings (SSSR count). The Labute approximate surface area is 108 Å². The second-order valence-corrected chi connectivity index (χ2v) is 4.13. The molecule has 17 heavy (non-hydrogen) atoms. The van der Waals surface area contributed by atoms with Crippen LogP contribution < -0.4 is 10.6 Å². The van der Waals surface area contributed by atoms with E-state index < -0.39 is 0 Å². The highest BCUT2D eigenvalue weighted by Gasteiger charge is 2.02. The molecule has 0 amide bonds. The highest BCUT2D eigenvalue weighted by molar-refractivity contribution is 7.80. The van der Waals surface area contributed by atoms with Gasteiger partial charge in [-0.05, 0) is 32.5 Å². The molecule has 0 spiro atoms. The molecule has 0 atom stereocenters. The predicted octanol–water partition coefficient (Wildman–Crippen LogP) is 1.44. The van der Waals surface area contributed by atoms with Gasteiger partial charge in [-0.15, -0.1) is 0 Å². The predicted molar refractivity (Wildman–Crippen MR) is 73.3 cm³/mol. The SMILES string of the molecule is CCOCCCNC(=S)Nc1cc(C)n(C)n1. The fourth-order valence-electron chi connectivity index (χ4n) is 1.30. The number of hydrogen-bond donors (Lipinski definition) is 2. The Balaban J connectivity index is 2.21. The molecule has 2 N–H and O–H groups in total. The van der Waals surface area contributed by atoms with E-state index in [4.69, 9.17) is 17.0 Å². The van der Waals surface area contributed by atoms with E-state index >= 15 is 0 Å². The molecule has 6 heteroatoms. The Morgan fingerprint density at radius 3 is 2.94 bits per heavy atom. The Morgan fingerprint density at radius 2 is 2.35 bits per heavy atom. The van der Waals surface area contributed by atoms with Crippen molar-refractivity contribution in [2.45, 2.75) is 20.3 Å². The summed E-state index contributed by atoms with van der Waals surface area (Å²) in [6.45, 7) is 6.31. The second kappa shape index (κ2) is 7.24. The third-order valence-electron chi connectivity index (χ3n) is 2.31. The zero-order chi connectivity index (χ0) is 12.7. The highest BCUT2D eigenvalue weighted by atomic mass is 32.1. The third-order valence-corrected chi connectivity index (χ3v) is 2.56. The molecule has 0 saturated heterocycles. The summed E-state index contributed by atoms with van der Waals surface area (Å²) in [5.74, 6) is 0.771. The van der Waals surface area contributed by atoms with Gasteiger partial charge >= 0.3 is 0 Å². The van der Waals surface area contributed by atoms with Crippen LogP contribution in [0.5, 0.6) is 0 Å². The summed E-state index contributed by atoms with van der Waals surface area (Å²) in [6, 6.07) is 1.95. The first kappa shape index (κ1) is 13.9. The fraction of sp³-hybridized carbons (Fsp3) is 0.636. The number of nitrogens with zero attached hydrogens (tertiary/aromatic N) is 2. The van der Waals surface area contributed by atoms with Crippen LogP contribution in [0.3, 0.4) is 0 Å². The molecule has 0 aromatic carbocycles. The zero-order valence-corrected chi connectivity index (χ0v) is 11.4. The van der Waals surface area contributed by atoms with Gasteiger partial charge in [-0.1, -0.05) is 0 Å². The van der Waals surface area contributed by atoms with Crippen molar-refractivity contribution < 1.29 is 4.74 Å². The van der Waals surface area contributed by atoms with Crippen molar-refractivity contribution in [3.63, 3.8) is 0 Å². The minimum Gasteiger partial charge on any atom is -0.382 e. The summed E-state index contributed by atoms with van der Waals surface area (Å²) in [5.41, 5.74) is 1.09. The van der Waals surface area contributed by atoms with E-state index in [9.17, 15) is 0 Å². The number of aromatic nitrogens is 2. The lowest BCUT2D eigenvalue weighted by atomic mass is 10.4. The minimum atomic E-state index is 0.597. The van der Waals surface area contributed by atoms with Crippen molar-refractivity contribution in [1.29, 1.82) is 0 Å². The molecule has 0 radical (unpaired) electrons. The van der Waals surface area contributed by atoms with Crippen LogP contribution >= 0.6 is 12.2 Å². The summed E-state index contributed by atoms with van der Waals surface area (Å²) >= 11 is 5.15. The average molecular weight is 256 g/mol. The van der Waals surface area contributed by atoms with E-state index in [0.29, 0.717) is 5.11 Å². The van der Waals surface area contributed by atoms with Gasteiger partial charge in [0.15, 0.2) is 10.9 Å². The van der Waals surface area contributed by atoms with Crippen molar-refractivity contribution in [3.8, 4) is 0 Å². The summed E-state index contributed by atoms with van der Waals surface area (Å²) in [4.78, 5) is 0. The van der Waals surface area contributed by atoms with E-state index in [1.165, 1.54) is 0 Å². The quantitative estimate of drug-likeness (QED) is 0.596. The molecule has 0 aliphatic rings. The molecule has 1 heterocycles. The number of aryl methyl sites for hydroxylation is 2. The molecule has 0 aliphatic heterocycles. The maximum atomic E-state index is 5.23. The molecule has 0 saturated carbocycles. The van der Waals surface area contributed by atoms with E-state index in [0.717, 1.165) is 37.7 Å². The molecule has 1 aromatic rings. The highest BCUT2D eigenvalue weighted by Crippen LogP contribution is 2.06. The van der Waals surface area contributed by atoms with Crippen LogP contribution in [-0.2, 0) is 11.8 Å². The molecular formula is C11H20N4OS. The molecular weight excluding hydrogens is 236 g/mol. The topological polar surface area (TPSA) is 51.1 Å². The fourth-order valence-corrected chi connectivity index (χ4v) is 1.51. The Kier molecular flexibility index (Phi) is 5.93. The van der Waals surface area contributed by atoms with E-state index in [2.05, 4.69) is 15.7 Å². The van der Waals surface area contributed by atoms with E-state index in [1.807, 2.05) is 27.0 Å². The lowest BCUT2D eigenvalue weighted by Crippen LogP contribution is -2.30. The number of anilines is 1. The average Bonchev–Trinajstić information content (AvgIpc) is 2.57. The van der Waals surface area contributed by atoms with Crippen LogP contribution in [0.15, 0.2) is 6.07 Å². The monoisotopic (exact) mass is 256 g/mol. The van der Waals surface area contributed by atoms with Gasteiger partial charge in [-0.25, -0.2) is 0 Å². The van der Waals surface area contributed by atoms with Crippen molar-refractivity contribution in [2.24, 2.45) is 7.05 Å². The van der Waals surface area contributed by atoms with Gasteiger partial charge in [0.25, 0.3) is 0 Å². The van der Waals surface area contributed by atoms with Gasteiger partial charge in [0.2, 0.25) is 0 Å². The van der Waals surface area contributed by atoms with Crippen molar-refractivity contribution >= 4 is 23.1 Å².